The number of carbonyl (C=O) groups is 2. The molecule has 4 rings (SSSR count). The number of anilines is 2. The largest absolute Gasteiger partial charge is 0.444 e. The van der Waals surface area contributed by atoms with Crippen molar-refractivity contribution in [2.45, 2.75) is 51.3 Å². The highest BCUT2D eigenvalue weighted by molar-refractivity contribution is 5.88. The summed E-state index contributed by atoms with van der Waals surface area (Å²) < 4.78 is 7.88. The summed E-state index contributed by atoms with van der Waals surface area (Å²) >= 11 is 0. The number of aromatic nitrogens is 3. The van der Waals surface area contributed by atoms with Gasteiger partial charge in [0.05, 0.1) is 18.6 Å². The summed E-state index contributed by atoms with van der Waals surface area (Å²) in [6.45, 7) is 8.94. The second-order valence-corrected chi connectivity index (χ2v) is 11.9. The van der Waals surface area contributed by atoms with E-state index < -0.39 is 0 Å². The lowest BCUT2D eigenvalue weighted by atomic mass is 10.0. The van der Waals surface area contributed by atoms with E-state index in [0.717, 1.165) is 48.6 Å². The molecule has 0 aliphatic carbocycles. The Balaban J connectivity index is 1.30. The molecule has 12 heteroatoms. The lowest BCUT2D eigenvalue weighted by molar-refractivity contribution is -0.125. The Labute approximate surface area is 243 Å². The molecule has 4 heterocycles. The Hall–Kier alpha value is -3.38. The van der Waals surface area contributed by atoms with Crippen molar-refractivity contribution in [2.24, 2.45) is 0 Å². The standard InChI is InChI=1S/C29H47N9O3/c1-21(2)38-20-31-27-24(18-25(33-28(27)38)30-12-17-35(5)6)32-22-9-14-36(15-10-22)29(40)41-23-11-16-37(19-23)26(39)8-7-13-34(3)4/h7-8,18,20-23H,9-17,19H2,1-6H3,(H2,30,32,33)/b8-7+/t23-/m0/s1. The molecule has 2 aromatic rings. The van der Waals surface area contributed by atoms with Crippen LogP contribution in [0.4, 0.5) is 16.3 Å². The van der Waals surface area contributed by atoms with Crippen LogP contribution in [0.3, 0.4) is 0 Å². The number of hydrogen-bond acceptors (Lipinski definition) is 9. The van der Waals surface area contributed by atoms with E-state index in [-0.39, 0.29) is 30.2 Å². The fourth-order valence-electron chi connectivity index (χ4n) is 5.13. The second-order valence-electron chi connectivity index (χ2n) is 11.9. The van der Waals surface area contributed by atoms with Gasteiger partial charge in [0.1, 0.15) is 17.4 Å². The zero-order valence-corrected chi connectivity index (χ0v) is 25.5. The van der Waals surface area contributed by atoms with E-state index in [1.54, 1.807) is 15.9 Å². The number of imidazole rings is 1. The number of likely N-dealkylation sites (tertiary alicyclic amines) is 2. The smallest absolute Gasteiger partial charge is 0.410 e. The van der Waals surface area contributed by atoms with Gasteiger partial charge in [0.2, 0.25) is 5.91 Å². The van der Waals surface area contributed by atoms with Crippen LogP contribution in [0.25, 0.3) is 11.2 Å². The van der Waals surface area contributed by atoms with Crippen LogP contribution in [-0.2, 0) is 9.53 Å². The second kappa shape index (κ2) is 14.0. The number of piperidine rings is 1. The van der Waals surface area contributed by atoms with Crippen LogP contribution in [0.1, 0.15) is 39.2 Å². The number of amides is 2. The number of rotatable bonds is 11. The first kappa shape index (κ1) is 30.6. The molecular formula is C29H47N9O3. The molecule has 2 saturated heterocycles. The highest BCUT2D eigenvalue weighted by atomic mass is 16.6. The monoisotopic (exact) mass is 569 g/mol. The molecule has 12 nitrogen and oxygen atoms in total. The van der Waals surface area contributed by atoms with Gasteiger partial charge in [-0.25, -0.2) is 14.8 Å². The average Bonchev–Trinajstić information content (AvgIpc) is 3.56. The minimum Gasteiger partial charge on any atom is -0.444 e. The van der Waals surface area contributed by atoms with E-state index in [2.05, 4.69) is 53.0 Å². The maximum atomic E-state index is 12.9. The Morgan fingerprint density at radius 1 is 1.10 bits per heavy atom. The molecule has 226 valence electrons. The van der Waals surface area contributed by atoms with Crippen LogP contribution in [0, 0.1) is 0 Å². The fourth-order valence-corrected chi connectivity index (χ4v) is 5.13. The lowest BCUT2D eigenvalue weighted by Gasteiger charge is -2.33. The van der Waals surface area contributed by atoms with E-state index in [9.17, 15) is 9.59 Å². The third-order valence-corrected chi connectivity index (χ3v) is 7.52. The number of nitrogens with zero attached hydrogens (tertiary/aromatic N) is 7. The molecule has 2 aliphatic rings. The highest BCUT2D eigenvalue weighted by Gasteiger charge is 2.31. The van der Waals surface area contributed by atoms with Crippen molar-refractivity contribution >= 4 is 34.7 Å². The number of ether oxygens (including phenoxy) is 1. The Kier molecular flexibility index (Phi) is 10.4. The molecule has 1 atom stereocenters. The van der Waals surface area contributed by atoms with Gasteiger partial charge < -0.3 is 39.5 Å². The van der Waals surface area contributed by atoms with E-state index >= 15 is 0 Å². The normalized spacial score (nSPS) is 18.4. The third-order valence-electron chi connectivity index (χ3n) is 7.52. The summed E-state index contributed by atoms with van der Waals surface area (Å²) in [5.74, 6) is 0.791. The van der Waals surface area contributed by atoms with Crippen LogP contribution in [-0.4, -0.2) is 132 Å². The number of carbonyl (C=O) groups excluding carboxylic acids is 2. The minimum absolute atomic E-state index is 0.0307. The van der Waals surface area contributed by atoms with Gasteiger partial charge in [0, 0.05) is 69.9 Å². The summed E-state index contributed by atoms with van der Waals surface area (Å²) in [5.41, 5.74) is 2.67. The first-order chi connectivity index (χ1) is 19.6. The van der Waals surface area contributed by atoms with Gasteiger partial charge in [-0.15, -0.1) is 0 Å². The predicted octanol–water partition coefficient (Wildman–Crippen LogP) is 2.72. The van der Waals surface area contributed by atoms with Crippen molar-refractivity contribution in [1.29, 1.82) is 0 Å². The maximum Gasteiger partial charge on any atom is 0.410 e. The first-order valence-electron chi connectivity index (χ1n) is 14.7. The van der Waals surface area contributed by atoms with Crippen LogP contribution >= 0.6 is 0 Å². The molecule has 0 radical (unpaired) electrons. The van der Waals surface area contributed by atoms with Crippen molar-refractivity contribution in [3.05, 3.63) is 24.5 Å². The average molecular weight is 570 g/mol. The minimum atomic E-state index is -0.291. The molecular weight excluding hydrogens is 522 g/mol. The molecule has 2 fully saturated rings. The number of fused-ring (bicyclic) bond motifs is 1. The van der Waals surface area contributed by atoms with E-state index in [1.807, 2.05) is 37.5 Å². The number of pyridine rings is 1. The zero-order valence-electron chi connectivity index (χ0n) is 25.5. The lowest BCUT2D eigenvalue weighted by Crippen LogP contribution is -2.44. The van der Waals surface area contributed by atoms with Crippen molar-refractivity contribution < 1.29 is 14.3 Å². The maximum absolute atomic E-state index is 12.9. The Morgan fingerprint density at radius 2 is 1.83 bits per heavy atom. The quantitative estimate of drug-likeness (QED) is 0.395. The number of hydrogen-bond donors (Lipinski definition) is 2. The Bertz CT molecular complexity index is 1200. The molecule has 41 heavy (non-hydrogen) atoms. The van der Waals surface area contributed by atoms with Crippen LogP contribution in [0.5, 0.6) is 0 Å². The van der Waals surface area contributed by atoms with Gasteiger partial charge in [-0.05, 0) is 54.9 Å². The van der Waals surface area contributed by atoms with Crippen molar-refractivity contribution in [3.63, 3.8) is 0 Å². The van der Waals surface area contributed by atoms with E-state index in [1.165, 1.54) is 0 Å². The first-order valence-corrected chi connectivity index (χ1v) is 14.7. The van der Waals surface area contributed by atoms with E-state index in [4.69, 9.17) is 9.72 Å². The highest BCUT2D eigenvalue weighted by Crippen LogP contribution is 2.28. The predicted molar refractivity (Wildman–Crippen MR) is 162 cm³/mol. The van der Waals surface area contributed by atoms with Crippen LogP contribution < -0.4 is 10.6 Å². The molecule has 2 aromatic heterocycles. The fraction of sp³-hybridized carbons (Fsp3) is 0.655. The third kappa shape index (κ3) is 8.32. The van der Waals surface area contributed by atoms with Gasteiger partial charge >= 0.3 is 6.09 Å². The van der Waals surface area contributed by atoms with E-state index in [0.29, 0.717) is 39.1 Å². The molecule has 0 spiro atoms. The van der Waals surface area contributed by atoms with Gasteiger partial charge in [0.15, 0.2) is 5.65 Å². The molecule has 0 aromatic carbocycles. The van der Waals surface area contributed by atoms with Crippen molar-refractivity contribution in [2.75, 3.05) is 84.6 Å². The van der Waals surface area contributed by atoms with Crippen molar-refractivity contribution in [3.8, 4) is 0 Å². The van der Waals surface area contributed by atoms with Crippen LogP contribution in [0.15, 0.2) is 24.5 Å². The van der Waals surface area contributed by atoms with Gasteiger partial charge in [-0.2, -0.15) is 0 Å². The Morgan fingerprint density at radius 3 is 2.51 bits per heavy atom. The SMILES string of the molecule is CC(C)n1cnc2c(NC3CCN(C(=O)O[C@H]4CCN(C(=O)/C=C/CN(C)C)C4)CC3)cc(NCCN(C)C)nc21. The molecule has 2 N–H and O–H groups in total. The van der Waals surface area contributed by atoms with Crippen LogP contribution in [0.2, 0.25) is 0 Å². The molecule has 0 bridgehead atoms. The van der Waals surface area contributed by atoms with Gasteiger partial charge in [-0.3, -0.25) is 4.79 Å². The summed E-state index contributed by atoms with van der Waals surface area (Å²) in [6, 6.07) is 2.49. The van der Waals surface area contributed by atoms with Crippen molar-refractivity contribution in [1.82, 2.24) is 34.1 Å². The number of likely N-dealkylation sites (N-methyl/N-ethyl adjacent to an activating group) is 2. The summed E-state index contributed by atoms with van der Waals surface area (Å²) in [6.07, 6.45) is 7.04. The van der Waals surface area contributed by atoms with Gasteiger partial charge in [0.25, 0.3) is 0 Å². The molecule has 0 saturated carbocycles. The summed E-state index contributed by atoms with van der Waals surface area (Å²) in [5, 5.41) is 7.14. The molecule has 0 unspecified atom stereocenters. The summed E-state index contributed by atoms with van der Waals surface area (Å²) in [7, 11) is 8.02. The zero-order chi connectivity index (χ0) is 29.5. The number of nitrogens with one attached hydrogen (secondary N) is 2. The molecule has 2 aliphatic heterocycles. The topological polar surface area (TPSA) is 111 Å². The summed E-state index contributed by atoms with van der Waals surface area (Å²) in [4.78, 5) is 42.5. The molecule has 2 amide bonds. The van der Waals surface area contributed by atoms with Gasteiger partial charge in [-0.1, -0.05) is 6.08 Å².